The average Bonchev–Trinajstić information content (AvgIpc) is 2.22. The van der Waals surface area contributed by atoms with Gasteiger partial charge < -0.3 is 9.47 Å². The molecule has 6 heteroatoms. The van der Waals surface area contributed by atoms with Crippen molar-refractivity contribution in [3.8, 4) is 0 Å². The number of esters is 1. The predicted octanol–water partition coefficient (Wildman–Crippen LogP) is 2.61. The molecule has 0 bridgehead atoms. The van der Waals surface area contributed by atoms with E-state index in [1.165, 1.54) is 12.1 Å². The SMILES string of the molecule is O=C(OC1CCO1)c1cccc(C(F)(F)F)c1. The molecule has 17 heavy (non-hydrogen) atoms. The van der Waals surface area contributed by atoms with Gasteiger partial charge in [-0.05, 0) is 18.2 Å². The lowest BCUT2D eigenvalue weighted by Gasteiger charge is -2.25. The number of rotatable bonds is 2. The fraction of sp³-hybridized carbons (Fsp3) is 0.364. The molecule has 0 aliphatic carbocycles. The molecule has 3 nitrogen and oxygen atoms in total. The van der Waals surface area contributed by atoms with Crippen LogP contribution in [0.1, 0.15) is 22.3 Å². The summed E-state index contributed by atoms with van der Waals surface area (Å²) in [6.07, 6.45) is -4.52. The highest BCUT2D eigenvalue weighted by molar-refractivity contribution is 5.89. The van der Waals surface area contributed by atoms with Crippen molar-refractivity contribution in [2.24, 2.45) is 0 Å². The minimum atomic E-state index is -4.47. The summed E-state index contributed by atoms with van der Waals surface area (Å²) in [5.74, 6) is -0.805. The van der Waals surface area contributed by atoms with Crippen LogP contribution in [0.3, 0.4) is 0 Å². The van der Waals surface area contributed by atoms with Gasteiger partial charge in [0, 0.05) is 6.42 Å². The van der Waals surface area contributed by atoms with Gasteiger partial charge in [-0.15, -0.1) is 0 Å². The Morgan fingerprint density at radius 1 is 1.41 bits per heavy atom. The zero-order valence-electron chi connectivity index (χ0n) is 8.66. The monoisotopic (exact) mass is 246 g/mol. The average molecular weight is 246 g/mol. The first-order valence-electron chi connectivity index (χ1n) is 4.96. The predicted molar refractivity (Wildman–Crippen MR) is 51.2 cm³/mol. The van der Waals surface area contributed by atoms with E-state index in [9.17, 15) is 18.0 Å². The Morgan fingerprint density at radius 3 is 2.65 bits per heavy atom. The Bertz CT molecular complexity index is 424. The highest BCUT2D eigenvalue weighted by atomic mass is 19.4. The van der Waals surface area contributed by atoms with Crippen LogP contribution in [0.4, 0.5) is 13.2 Å². The van der Waals surface area contributed by atoms with E-state index in [2.05, 4.69) is 0 Å². The number of carbonyl (C=O) groups is 1. The third-order valence-corrected chi connectivity index (χ3v) is 2.32. The molecule has 0 spiro atoms. The Labute approximate surface area is 95.1 Å². The molecule has 0 radical (unpaired) electrons. The summed E-state index contributed by atoms with van der Waals surface area (Å²) in [4.78, 5) is 11.5. The third kappa shape index (κ3) is 2.76. The fourth-order valence-corrected chi connectivity index (χ4v) is 1.32. The maximum Gasteiger partial charge on any atom is 0.416 e. The van der Waals surface area contributed by atoms with Crippen molar-refractivity contribution in [1.82, 2.24) is 0 Å². The van der Waals surface area contributed by atoms with E-state index in [0.717, 1.165) is 12.1 Å². The highest BCUT2D eigenvalue weighted by Crippen LogP contribution is 2.29. The second-order valence-electron chi connectivity index (χ2n) is 3.57. The van der Waals surface area contributed by atoms with E-state index in [0.29, 0.717) is 13.0 Å². The lowest BCUT2D eigenvalue weighted by molar-refractivity contribution is -0.184. The normalized spacial score (nSPS) is 19.6. The van der Waals surface area contributed by atoms with Gasteiger partial charge in [-0.2, -0.15) is 13.2 Å². The molecular formula is C11H9F3O3. The van der Waals surface area contributed by atoms with Gasteiger partial charge in [0.15, 0.2) is 0 Å². The molecule has 0 amide bonds. The third-order valence-electron chi connectivity index (χ3n) is 2.32. The van der Waals surface area contributed by atoms with E-state index in [4.69, 9.17) is 9.47 Å². The fourth-order valence-electron chi connectivity index (χ4n) is 1.32. The van der Waals surface area contributed by atoms with Crippen LogP contribution in [0.5, 0.6) is 0 Å². The molecule has 0 saturated carbocycles. The van der Waals surface area contributed by atoms with Gasteiger partial charge in [-0.25, -0.2) is 4.79 Å². The van der Waals surface area contributed by atoms with Gasteiger partial charge in [0.25, 0.3) is 0 Å². The number of benzene rings is 1. The first-order valence-corrected chi connectivity index (χ1v) is 4.96. The molecular weight excluding hydrogens is 237 g/mol. The van der Waals surface area contributed by atoms with Crippen LogP contribution < -0.4 is 0 Å². The molecule has 1 aromatic carbocycles. The number of hydrogen-bond donors (Lipinski definition) is 0. The highest BCUT2D eigenvalue weighted by Gasteiger charge is 2.31. The van der Waals surface area contributed by atoms with Gasteiger partial charge >= 0.3 is 12.1 Å². The van der Waals surface area contributed by atoms with Crippen LogP contribution in [0, 0.1) is 0 Å². The zero-order chi connectivity index (χ0) is 12.5. The van der Waals surface area contributed by atoms with Crippen LogP contribution in [-0.2, 0) is 15.7 Å². The molecule has 2 rings (SSSR count). The minimum Gasteiger partial charge on any atom is -0.432 e. The number of alkyl halides is 3. The van der Waals surface area contributed by atoms with Crippen molar-refractivity contribution in [3.05, 3.63) is 35.4 Å². The zero-order valence-corrected chi connectivity index (χ0v) is 8.66. The van der Waals surface area contributed by atoms with Crippen molar-refractivity contribution in [2.45, 2.75) is 18.9 Å². The molecule has 1 unspecified atom stereocenters. The molecule has 1 heterocycles. The van der Waals surface area contributed by atoms with Crippen LogP contribution in [0.25, 0.3) is 0 Å². The summed E-state index contributed by atoms with van der Waals surface area (Å²) in [7, 11) is 0. The largest absolute Gasteiger partial charge is 0.432 e. The van der Waals surface area contributed by atoms with E-state index >= 15 is 0 Å². The number of hydrogen-bond acceptors (Lipinski definition) is 3. The van der Waals surface area contributed by atoms with Gasteiger partial charge in [0.1, 0.15) is 0 Å². The van der Waals surface area contributed by atoms with Crippen LogP contribution in [0.2, 0.25) is 0 Å². The summed E-state index contributed by atoms with van der Waals surface area (Å²) in [5.41, 5.74) is -1.00. The van der Waals surface area contributed by atoms with E-state index in [1.54, 1.807) is 0 Å². The second-order valence-corrected chi connectivity index (χ2v) is 3.57. The van der Waals surface area contributed by atoms with E-state index in [1.807, 2.05) is 0 Å². The first kappa shape index (κ1) is 11.9. The molecule has 1 atom stereocenters. The lowest BCUT2D eigenvalue weighted by Crippen LogP contribution is -2.31. The van der Waals surface area contributed by atoms with Crippen molar-refractivity contribution < 1.29 is 27.4 Å². The van der Waals surface area contributed by atoms with Gasteiger partial charge in [-0.1, -0.05) is 6.07 Å². The molecule has 1 fully saturated rings. The van der Waals surface area contributed by atoms with Gasteiger partial charge in [0.05, 0.1) is 17.7 Å². The van der Waals surface area contributed by atoms with Crippen molar-refractivity contribution in [2.75, 3.05) is 6.61 Å². The molecule has 92 valence electrons. The summed E-state index contributed by atoms with van der Waals surface area (Å²) in [6, 6.07) is 4.11. The lowest BCUT2D eigenvalue weighted by atomic mass is 10.1. The number of ether oxygens (including phenoxy) is 2. The Morgan fingerprint density at radius 2 is 2.12 bits per heavy atom. The quantitative estimate of drug-likeness (QED) is 0.752. The van der Waals surface area contributed by atoms with Gasteiger partial charge in [-0.3, -0.25) is 0 Å². The molecule has 1 aromatic rings. The molecule has 0 aromatic heterocycles. The molecule has 1 aliphatic rings. The Balaban J connectivity index is 2.12. The first-order chi connectivity index (χ1) is 7.97. The standard InChI is InChI=1S/C11H9F3O3/c12-11(13,14)8-3-1-2-7(6-8)10(15)17-9-4-5-16-9/h1-3,6,9H,4-5H2. The minimum absolute atomic E-state index is 0.129. The maximum absolute atomic E-state index is 12.4. The van der Waals surface area contributed by atoms with Gasteiger partial charge in [0.2, 0.25) is 6.29 Å². The van der Waals surface area contributed by atoms with Crippen LogP contribution in [0.15, 0.2) is 24.3 Å². The topological polar surface area (TPSA) is 35.5 Å². The molecule has 1 aliphatic heterocycles. The Kier molecular flexibility index (Phi) is 3.06. The summed E-state index contributed by atoms with van der Waals surface area (Å²) >= 11 is 0. The molecule has 1 saturated heterocycles. The van der Waals surface area contributed by atoms with Crippen molar-refractivity contribution in [1.29, 1.82) is 0 Å². The number of halogens is 3. The number of carbonyl (C=O) groups excluding carboxylic acids is 1. The summed E-state index contributed by atoms with van der Waals surface area (Å²) in [6.45, 7) is 0.501. The van der Waals surface area contributed by atoms with Crippen LogP contribution >= 0.6 is 0 Å². The van der Waals surface area contributed by atoms with Crippen molar-refractivity contribution >= 4 is 5.97 Å². The second kappa shape index (κ2) is 4.37. The van der Waals surface area contributed by atoms with Crippen LogP contribution in [-0.4, -0.2) is 18.9 Å². The van der Waals surface area contributed by atoms with E-state index in [-0.39, 0.29) is 5.56 Å². The van der Waals surface area contributed by atoms with Crippen molar-refractivity contribution in [3.63, 3.8) is 0 Å². The Hall–Kier alpha value is -1.56. The molecule has 0 N–H and O–H groups in total. The van der Waals surface area contributed by atoms with E-state index < -0.39 is 24.0 Å². The summed E-state index contributed by atoms with van der Waals surface area (Å²) < 4.78 is 46.8. The summed E-state index contributed by atoms with van der Waals surface area (Å²) in [5, 5.41) is 0. The maximum atomic E-state index is 12.4. The smallest absolute Gasteiger partial charge is 0.416 e.